The van der Waals surface area contributed by atoms with Gasteiger partial charge in [-0.2, -0.15) is 0 Å². The maximum atomic E-state index is 10.3. The Kier molecular flexibility index (Phi) is 21.1. The monoisotopic (exact) mass is 306 g/mol. The number of aliphatic hydroxyl groups is 1. The van der Waals surface area contributed by atoms with Crippen molar-refractivity contribution in [1.82, 2.24) is 0 Å². The number of hydrogen-bond donors (Lipinski definition) is 1. The van der Waals surface area contributed by atoms with Gasteiger partial charge in [0, 0.05) is 5.97 Å². The van der Waals surface area contributed by atoms with Crippen LogP contribution in [0.1, 0.15) is 103 Å². The number of rotatable bonds is 16. The van der Waals surface area contributed by atoms with Gasteiger partial charge in [-0.05, 0) is 19.3 Å². The van der Waals surface area contributed by atoms with E-state index in [4.69, 9.17) is 0 Å². The van der Waals surface area contributed by atoms with Crippen molar-refractivity contribution < 1.29 is 33.9 Å². The maximum Gasteiger partial charge on any atom is 1.00 e. The number of carboxylic acids is 1. The summed E-state index contributed by atoms with van der Waals surface area (Å²) in [7, 11) is 0. The van der Waals surface area contributed by atoms with Gasteiger partial charge < -0.3 is 15.0 Å². The van der Waals surface area contributed by atoms with Crippen molar-refractivity contribution in [3.05, 3.63) is 0 Å². The molecule has 0 spiro atoms. The number of hydrogen-bond acceptors (Lipinski definition) is 3. The molecular formula is C18H35LiO3. The fraction of sp³-hybridized carbons (Fsp3) is 0.944. The Morgan fingerprint density at radius 1 is 0.818 bits per heavy atom. The zero-order valence-corrected chi connectivity index (χ0v) is 14.9. The number of carbonyl (C=O) groups excluding carboxylic acids is 1. The van der Waals surface area contributed by atoms with Crippen LogP contribution in [0.3, 0.4) is 0 Å². The molecule has 1 N–H and O–H groups in total. The molecule has 0 amide bonds. The second-order valence-electron chi connectivity index (χ2n) is 6.24. The van der Waals surface area contributed by atoms with Crippen LogP contribution >= 0.6 is 0 Å². The van der Waals surface area contributed by atoms with E-state index in [1.54, 1.807) is 0 Å². The SMILES string of the molecule is CCCCCCCCCCCCCCC(O)CCC(=O)[O-].[Li+]. The molecule has 0 aromatic heterocycles. The van der Waals surface area contributed by atoms with E-state index in [0.29, 0.717) is 6.42 Å². The van der Waals surface area contributed by atoms with E-state index in [1.165, 1.54) is 64.2 Å². The van der Waals surface area contributed by atoms with Crippen molar-refractivity contribution in [3.63, 3.8) is 0 Å². The number of aliphatic carboxylic acids is 1. The third kappa shape index (κ3) is 20.0. The Balaban J connectivity index is 0. The number of unbranched alkanes of at least 4 members (excludes halogenated alkanes) is 11. The van der Waals surface area contributed by atoms with Gasteiger partial charge in [0.15, 0.2) is 0 Å². The molecule has 0 saturated carbocycles. The van der Waals surface area contributed by atoms with Gasteiger partial charge in [-0.1, -0.05) is 84.0 Å². The molecule has 0 aliphatic heterocycles. The van der Waals surface area contributed by atoms with Crippen LogP contribution in [0, 0.1) is 0 Å². The third-order valence-electron chi connectivity index (χ3n) is 4.07. The summed E-state index contributed by atoms with van der Waals surface area (Å²) in [6, 6.07) is 0. The summed E-state index contributed by atoms with van der Waals surface area (Å²) in [5.74, 6) is -1.07. The summed E-state index contributed by atoms with van der Waals surface area (Å²) in [4.78, 5) is 10.3. The summed E-state index contributed by atoms with van der Waals surface area (Å²) < 4.78 is 0. The molecule has 0 aromatic carbocycles. The van der Waals surface area contributed by atoms with Crippen LogP contribution in [0.25, 0.3) is 0 Å². The molecule has 22 heavy (non-hydrogen) atoms. The second kappa shape index (κ2) is 19.1. The van der Waals surface area contributed by atoms with E-state index in [9.17, 15) is 15.0 Å². The number of carbonyl (C=O) groups is 1. The van der Waals surface area contributed by atoms with Gasteiger partial charge in [0.2, 0.25) is 0 Å². The minimum absolute atomic E-state index is 0. The van der Waals surface area contributed by atoms with Gasteiger partial charge >= 0.3 is 18.9 Å². The Bertz CT molecular complexity index is 234. The minimum atomic E-state index is -1.07. The van der Waals surface area contributed by atoms with Crippen molar-refractivity contribution in [2.45, 2.75) is 109 Å². The Labute approximate surface area is 149 Å². The van der Waals surface area contributed by atoms with Crippen LogP contribution in [0.2, 0.25) is 0 Å². The van der Waals surface area contributed by atoms with Crippen molar-refractivity contribution in [2.24, 2.45) is 0 Å². The zero-order valence-electron chi connectivity index (χ0n) is 14.9. The Morgan fingerprint density at radius 3 is 1.64 bits per heavy atom. The van der Waals surface area contributed by atoms with Crippen LogP contribution in [0.15, 0.2) is 0 Å². The molecule has 0 heterocycles. The molecule has 0 aromatic rings. The molecule has 0 radical (unpaired) electrons. The van der Waals surface area contributed by atoms with Gasteiger partial charge in [-0.3, -0.25) is 0 Å². The molecule has 4 heteroatoms. The molecule has 0 fully saturated rings. The molecule has 1 atom stereocenters. The van der Waals surface area contributed by atoms with Crippen LogP contribution in [-0.4, -0.2) is 17.2 Å². The van der Waals surface area contributed by atoms with Crippen molar-refractivity contribution >= 4 is 5.97 Å². The normalized spacial score (nSPS) is 11.9. The van der Waals surface area contributed by atoms with Gasteiger partial charge in [0.25, 0.3) is 0 Å². The first-order valence-corrected chi connectivity index (χ1v) is 9.04. The van der Waals surface area contributed by atoms with Gasteiger partial charge in [0.05, 0.1) is 6.10 Å². The fourth-order valence-electron chi connectivity index (χ4n) is 2.65. The molecule has 1 unspecified atom stereocenters. The predicted octanol–water partition coefficient (Wildman–Crippen LogP) is 0.973. The first-order valence-electron chi connectivity index (χ1n) is 9.04. The smallest absolute Gasteiger partial charge is 0.550 e. The number of aliphatic hydroxyl groups excluding tert-OH is 1. The molecule has 0 saturated heterocycles. The maximum absolute atomic E-state index is 10.3. The predicted molar refractivity (Wildman–Crippen MR) is 85.9 cm³/mol. The molecular weight excluding hydrogens is 271 g/mol. The quantitative estimate of drug-likeness (QED) is 0.341. The van der Waals surface area contributed by atoms with Crippen molar-refractivity contribution in [1.29, 1.82) is 0 Å². The summed E-state index contributed by atoms with van der Waals surface area (Å²) in [6.07, 6.45) is 16.2. The first kappa shape index (κ1) is 24.3. The van der Waals surface area contributed by atoms with Crippen molar-refractivity contribution in [3.8, 4) is 0 Å². The zero-order chi connectivity index (χ0) is 15.8. The van der Waals surface area contributed by atoms with E-state index in [2.05, 4.69) is 6.92 Å². The van der Waals surface area contributed by atoms with Gasteiger partial charge in [0.1, 0.15) is 0 Å². The molecule has 0 rings (SSSR count). The number of carboxylic acid groups (broad SMARTS) is 1. The topological polar surface area (TPSA) is 60.4 Å². The third-order valence-corrected chi connectivity index (χ3v) is 4.07. The Morgan fingerprint density at radius 2 is 1.23 bits per heavy atom. The fourth-order valence-corrected chi connectivity index (χ4v) is 2.65. The summed E-state index contributed by atoms with van der Waals surface area (Å²) in [5, 5.41) is 19.8. The molecule has 0 aliphatic carbocycles. The standard InChI is InChI=1S/C18H36O3.Li/c1-2-3-4-5-6-7-8-9-10-11-12-13-14-17(19)15-16-18(20)21;/h17,19H,2-16H2,1H3,(H,20,21);/q;+1/p-1. The summed E-state index contributed by atoms with van der Waals surface area (Å²) in [6.45, 7) is 2.25. The molecule has 126 valence electrons. The van der Waals surface area contributed by atoms with Crippen molar-refractivity contribution in [2.75, 3.05) is 0 Å². The van der Waals surface area contributed by atoms with E-state index >= 15 is 0 Å². The average Bonchev–Trinajstić information content (AvgIpc) is 2.46. The summed E-state index contributed by atoms with van der Waals surface area (Å²) in [5.41, 5.74) is 0. The van der Waals surface area contributed by atoms with E-state index in [-0.39, 0.29) is 25.3 Å². The summed E-state index contributed by atoms with van der Waals surface area (Å²) >= 11 is 0. The molecule has 0 aliphatic rings. The van der Waals surface area contributed by atoms with E-state index < -0.39 is 12.1 Å². The van der Waals surface area contributed by atoms with E-state index in [0.717, 1.165) is 19.3 Å². The molecule has 0 bridgehead atoms. The minimum Gasteiger partial charge on any atom is -0.550 e. The van der Waals surface area contributed by atoms with Gasteiger partial charge in [-0.25, -0.2) is 0 Å². The van der Waals surface area contributed by atoms with Crippen LogP contribution in [0.4, 0.5) is 0 Å². The second-order valence-corrected chi connectivity index (χ2v) is 6.24. The first-order chi connectivity index (χ1) is 10.2. The van der Waals surface area contributed by atoms with E-state index in [1.807, 2.05) is 0 Å². The van der Waals surface area contributed by atoms with Gasteiger partial charge in [-0.15, -0.1) is 0 Å². The van der Waals surface area contributed by atoms with Crippen LogP contribution in [0.5, 0.6) is 0 Å². The largest absolute Gasteiger partial charge is 1.00 e. The average molecular weight is 306 g/mol. The van der Waals surface area contributed by atoms with Crippen LogP contribution < -0.4 is 24.0 Å². The Hall–Kier alpha value is 0.0274. The molecule has 3 nitrogen and oxygen atoms in total. The van der Waals surface area contributed by atoms with Crippen LogP contribution in [-0.2, 0) is 4.79 Å².